The second-order valence-corrected chi connectivity index (χ2v) is 6.06. The van der Waals surface area contributed by atoms with Crippen LogP contribution >= 0.6 is 0 Å². The third kappa shape index (κ3) is 4.73. The van der Waals surface area contributed by atoms with Crippen LogP contribution in [0.15, 0.2) is 30.3 Å². The fraction of sp³-hybridized carbons (Fsp3) is 0.412. The second kappa shape index (κ2) is 8.35. The van der Waals surface area contributed by atoms with E-state index in [1.54, 1.807) is 13.0 Å². The van der Waals surface area contributed by atoms with E-state index >= 15 is 0 Å². The number of aromatic nitrogens is 4. The molecule has 0 bridgehead atoms. The molecule has 1 amide bonds. The second-order valence-electron chi connectivity index (χ2n) is 6.06. The average molecular weight is 329 g/mol. The molecule has 24 heavy (non-hydrogen) atoms. The molecule has 0 radical (unpaired) electrons. The number of carbonyl (C=O) groups is 1. The lowest BCUT2D eigenvalue weighted by atomic mass is 10.0. The summed E-state index contributed by atoms with van der Waals surface area (Å²) in [5, 5.41) is 23.7. The number of benzene rings is 1. The van der Waals surface area contributed by atoms with Gasteiger partial charge in [0.25, 0.3) is 5.91 Å². The molecule has 128 valence electrons. The first-order valence-corrected chi connectivity index (χ1v) is 7.95. The number of aliphatic hydroxyl groups is 1. The van der Waals surface area contributed by atoms with Gasteiger partial charge in [0.05, 0.1) is 12.6 Å². The van der Waals surface area contributed by atoms with Crippen LogP contribution in [0.4, 0.5) is 0 Å². The summed E-state index contributed by atoms with van der Waals surface area (Å²) in [7, 11) is 0. The van der Waals surface area contributed by atoms with Crippen LogP contribution in [0.25, 0.3) is 11.8 Å². The van der Waals surface area contributed by atoms with E-state index in [2.05, 4.69) is 20.8 Å². The number of rotatable bonds is 7. The Labute approximate surface area is 141 Å². The van der Waals surface area contributed by atoms with E-state index in [-0.39, 0.29) is 18.6 Å². The zero-order valence-electron chi connectivity index (χ0n) is 14.2. The predicted molar refractivity (Wildman–Crippen MR) is 91.6 cm³/mol. The molecule has 1 unspecified atom stereocenters. The molecule has 0 saturated heterocycles. The molecule has 1 aromatic carbocycles. The summed E-state index contributed by atoms with van der Waals surface area (Å²) in [6.07, 6.45) is 2.41. The van der Waals surface area contributed by atoms with Crippen molar-refractivity contribution in [2.24, 2.45) is 5.92 Å². The van der Waals surface area contributed by atoms with Gasteiger partial charge >= 0.3 is 0 Å². The van der Waals surface area contributed by atoms with Gasteiger partial charge in [-0.25, -0.2) is 0 Å². The van der Waals surface area contributed by atoms with Gasteiger partial charge in [0, 0.05) is 0 Å². The van der Waals surface area contributed by atoms with E-state index in [1.807, 2.05) is 44.2 Å². The average Bonchev–Trinajstić information content (AvgIpc) is 2.98. The van der Waals surface area contributed by atoms with Crippen molar-refractivity contribution in [1.82, 2.24) is 25.5 Å². The summed E-state index contributed by atoms with van der Waals surface area (Å²) in [6, 6.07) is 9.17. The van der Waals surface area contributed by atoms with E-state index in [4.69, 9.17) is 0 Å². The summed E-state index contributed by atoms with van der Waals surface area (Å²) in [4.78, 5) is 12.7. The van der Waals surface area contributed by atoms with Crippen LogP contribution in [0.5, 0.6) is 0 Å². The van der Waals surface area contributed by atoms with Crippen LogP contribution < -0.4 is 5.32 Å². The first-order valence-electron chi connectivity index (χ1n) is 7.95. The molecule has 2 aromatic rings. The topological polar surface area (TPSA) is 92.9 Å². The third-order valence-electron chi connectivity index (χ3n) is 3.50. The van der Waals surface area contributed by atoms with Crippen LogP contribution in [-0.4, -0.2) is 43.9 Å². The molecule has 7 nitrogen and oxygen atoms in total. The predicted octanol–water partition coefficient (Wildman–Crippen LogP) is 1.50. The maximum absolute atomic E-state index is 12.7. The molecule has 1 aromatic heterocycles. The van der Waals surface area contributed by atoms with E-state index in [0.717, 1.165) is 5.56 Å². The van der Waals surface area contributed by atoms with Crippen molar-refractivity contribution in [2.45, 2.75) is 33.2 Å². The smallest absolute Gasteiger partial charge is 0.270 e. The first-order chi connectivity index (χ1) is 11.5. The number of hydrogen-bond acceptors (Lipinski definition) is 5. The van der Waals surface area contributed by atoms with Crippen LogP contribution in [0.1, 0.15) is 31.7 Å². The zero-order valence-corrected chi connectivity index (χ0v) is 14.2. The number of amides is 1. The lowest BCUT2D eigenvalue weighted by Crippen LogP contribution is -2.39. The Morgan fingerprint density at radius 2 is 2.04 bits per heavy atom. The molecule has 2 N–H and O–H groups in total. The number of aryl methyl sites for hydroxylation is 1. The summed E-state index contributed by atoms with van der Waals surface area (Å²) in [5.41, 5.74) is 1.17. The standard InChI is InChI=1S/C17H23N5O2/c1-12(2)9-15(11-23)18-17(24)16(22-13(3)19-20-21-22)10-14-7-5-4-6-8-14/h4-8,10,12,15,23H,9,11H2,1-3H3,(H,18,24)/b16-10-. The SMILES string of the molecule is Cc1nnnn1/C(=C\c1ccccc1)C(=O)NC(CO)CC(C)C. The molecule has 2 rings (SSSR count). The molecular formula is C17H23N5O2. The largest absolute Gasteiger partial charge is 0.394 e. The Balaban J connectivity index is 2.31. The molecular weight excluding hydrogens is 306 g/mol. The number of nitrogens with zero attached hydrogens (tertiary/aromatic N) is 4. The number of carbonyl (C=O) groups excluding carboxylic acids is 1. The number of tetrazole rings is 1. The molecule has 7 heteroatoms. The van der Waals surface area contributed by atoms with Gasteiger partial charge in [0.2, 0.25) is 0 Å². The third-order valence-corrected chi connectivity index (χ3v) is 3.50. The highest BCUT2D eigenvalue weighted by Gasteiger charge is 2.20. The molecule has 0 aliphatic heterocycles. The van der Waals surface area contributed by atoms with E-state index in [1.165, 1.54) is 4.68 Å². The lowest BCUT2D eigenvalue weighted by molar-refractivity contribution is -0.117. The van der Waals surface area contributed by atoms with Gasteiger partial charge in [-0.15, -0.1) is 5.10 Å². The van der Waals surface area contributed by atoms with Crippen molar-refractivity contribution in [3.63, 3.8) is 0 Å². The molecule has 0 spiro atoms. The van der Waals surface area contributed by atoms with Crippen molar-refractivity contribution in [3.8, 4) is 0 Å². The number of aliphatic hydroxyl groups excluding tert-OH is 1. The first kappa shape index (κ1) is 17.8. The Morgan fingerprint density at radius 1 is 1.33 bits per heavy atom. The van der Waals surface area contributed by atoms with Crippen LogP contribution in [0.3, 0.4) is 0 Å². The Morgan fingerprint density at radius 3 is 2.58 bits per heavy atom. The van der Waals surface area contributed by atoms with Gasteiger partial charge in [-0.05, 0) is 41.3 Å². The molecule has 0 aliphatic rings. The minimum absolute atomic E-state index is 0.114. The van der Waals surface area contributed by atoms with Crippen molar-refractivity contribution < 1.29 is 9.90 Å². The highest BCUT2D eigenvalue weighted by molar-refractivity contribution is 6.18. The van der Waals surface area contributed by atoms with Crippen molar-refractivity contribution in [1.29, 1.82) is 0 Å². The van der Waals surface area contributed by atoms with Gasteiger partial charge in [0.15, 0.2) is 5.82 Å². The quantitative estimate of drug-likeness (QED) is 0.751. The van der Waals surface area contributed by atoms with Gasteiger partial charge < -0.3 is 10.4 Å². The zero-order chi connectivity index (χ0) is 17.5. The van der Waals surface area contributed by atoms with E-state index < -0.39 is 0 Å². The normalized spacial score (nSPS) is 13.1. The number of nitrogens with one attached hydrogen (secondary N) is 1. The number of hydrogen-bond donors (Lipinski definition) is 2. The minimum Gasteiger partial charge on any atom is -0.394 e. The molecule has 0 fully saturated rings. The highest BCUT2D eigenvalue weighted by atomic mass is 16.3. The fourth-order valence-electron chi connectivity index (χ4n) is 2.39. The van der Waals surface area contributed by atoms with Gasteiger partial charge in [-0.3, -0.25) is 4.79 Å². The summed E-state index contributed by atoms with van der Waals surface area (Å²) >= 11 is 0. The minimum atomic E-state index is -0.325. The van der Waals surface area contributed by atoms with Crippen LogP contribution in [0, 0.1) is 12.8 Å². The maximum Gasteiger partial charge on any atom is 0.270 e. The maximum atomic E-state index is 12.7. The molecule has 1 atom stereocenters. The molecule has 0 aliphatic carbocycles. The summed E-state index contributed by atoms with van der Waals surface area (Å²) in [6.45, 7) is 5.70. The van der Waals surface area contributed by atoms with Crippen molar-refractivity contribution in [2.75, 3.05) is 6.61 Å². The van der Waals surface area contributed by atoms with Crippen molar-refractivity contribution >= 4 is 17.7 Å². The molecule has 0 saturated carbocycles. The fourth-order valence-corrected chi connectivity index (χ4v) is 2.39. The van der Waals surface area contributed by atoms with Gasteiger partial charge in [0.1, 0.15) is 5.70 Å². The van der Waals surface area contributed by atoms with Crippen LogP contribution in [0.2, 0.25) is 0 Å². The lowest BCUT2D eigenvalue weighted by Gasteiger charge is -2.19. The summed E-state index contributed by atoms with van der Waals surface area (Å²) < 4.78 is 1.39. The monoisotopic (exact) mass is 329 g/mol. The van der Waals surface area contributed by atoms with Crippen molar-refractivity contribution in [3.05, 3.63) is 41.7 Å². The van der Waals surface area contributed by atoms with Crippen LogP contribution in [-0.2, 0) is 4.79 Å². The summed E-state index contributed by atoms with van der Waals surface area (Å²) in [5.74, 6) is 0.546. The van der Waals surface area contributed by atoms with E-state index in [0.29, 0.717) is 23.9 Å². The Bertz CT molecular complexity index is 694. The Kier molecular flexibility index (Phi) is 6.20. The Hall–Kier alpha value is -2.54. The highest BCUT2D eigenvalue weighted by Crippen LogP contribution is 2.13. The van der Waals surface area contributed by atoms with E-state index in [9.17, 15) is 9.90 Å². The molecule has 1 heterocycles. The van der Waals surface area contributed by atoms with Gasteiger partial charge in [-0.2, -0.15) is 4.68 Å². The van der Waals surface area contributed by atoms with Gasteiger partial charge in [-0.1, -0.05) is 44.2 Å².